The van der Waals surface area contributed by atoms with E-state index >= 15 is 0 Å². The van der Waals surface area contributed by atoms with Crippen molar-refractivity contribution in [3.05, 3.63) is 90.1 Å². The lowest BCUT2D eigenvalue weighted by atomic mass is 10.0. The molecule has 2 aromatic carbocycles. The third-order valence-electron chi connectivity index (χ3n) is 11.5. The molecule has 356 valence electrons. The van der Waals surface area contributed by atoms with Crippen LogP contribution < -0.4 is 54.4 Å². The van der Waals surface area contributed by atoms with Crippen LogP contribution in [0.3, 0.4) is 0 Å². The Balaban J connectivity index is 1.32. The number of carbonyl (C=O) groups excluding carboxylic acids is 8. The number of para-hydroxylation sites is 1. The van der Waals surface area contributed by atoms with Crippen LogP contribution >= 0.6 is 0 Å². The van der Waals surface area contributed by atoms with Crippen molar-refractivity contribution >= 4 is 64.1 Å². The molecule has 0 spiro atoms. The lowest BCUT2D eigenvalue weighted by molar-refractivity contribution is -0.135. The van der Waals surface area contributed by atoms with Crippen molar-refractivity contribution in [3.63, 3.8) is 0 Å². The van der Waals surface area contributed by atoms with Gasteiger partial charge in [0.25, 0.3) is 0 Å². The van der Waals surface area contributed by atoms with Gasteiger partial charge in [0.1, 0.15) is 36.3 Å². The number of aliphatic imine (C=N–C) groups is 1. The second-order valence-corrected chi connectivity index (χ2v) is 16.7. The molecule has 0 radical (unpaired) electrons. The fraction of sp³-hybridized carbons (Fsp3) is 0.422. The van der Waals surface area contributed by atoms with Crippen LogP contribution in [0.2, 0.25) is 0 Å². The van der Waals surface area contributed by atoms with Gasteiger partial charge in [0.15, 0.2) is 5.96 Å². The number of H-pyrrole nitrogens is 2. The van der Waals surface area contributed by atoms with Crippen molar-refractivity contribution in [2.75, 3.05) is 13.1 Å². The molecule has 3 heterocycles. The van der Waals surface area contributed by atoms with E-state index in [-0.39, 0.29) is 82.2 Å². The fourth-order valence-electron chi connectivity index (χ4n) is 7.65. The standard InChI is InChI=1S/C45H58N14O8/c46-38(61)34(20-27-22-52-30-10-5-4-9-29(27)30)57-42(65)33-16-18-50-37(60)15-14-32(54-39(62)26-12-13-26)41(64)59-36(21-28-23-49-24-53-28)44(67)58-35(19-25-7-2-1-3-8-25)43(66)55-31(40(63)56-33)11-6-17-51-45(47)48/h1-5,7-10,22-24,26,31-36,52H,6,11-21H2,(H2,46,61)(H,49,53)(H,50,60)(H,54,62)(H,55,66)(H,56,63)(H,57,65)(H,58,67)(H,59,64)(H4,47,48,51)/t31-,32?,33?,34-,35+,36-/m0/s1. The van der Waals surface area contributed by atoms with E-state index in [1.165, 1.54) is 12.5 Å². The van der Waals surface area contributed by atoms with Crippen molar-refractivity contribution < 1.29 is 38.4 Å². The first-order chi connectivity index (χ1) is 32.2. The van der Waals surface area contributed by atoms with Crippen molar-refractivity contribution in [3.8, 4) is 0 Å². The number of nitrogens with zero attached hydrogens (tertiary/aromatic N) is 2. The van der Waals surface area contributed by atoms with Gasteiger partial charge in [-0.15, -0.1) is 0 Å². The zero-order valence-electron chi connectivity index (χ0n) is 36.8. The first kappa shape index (κ1) is 48.7. The van der Waals surface area contributed by atoms with Gasteiger partial charge in [-0.25, -0.2) is 4.98 Å². The molecule has 4 aromatic rings. The summed E-state index contributed by atoms with van der Waals surface area (Å²) in [5.74, 6) is -6.15. The van der Waals surface area contributed by atoms with E-state index in [2.05, 4.69) is 57.2 Å². The molecule has 8 amide bonds. The Morgan fingerprint density at radius 2 is 1.45 bits per heavy atom. The van der Waals surface area contributed by atoms with E-state index in [9.17, 15) is 38.4 Å². The minimum atomic E-state index is -1.39. The minimum absolute atomic E-state index is 0.00919. The van der Waals surface area contributed by atoms with Crippen molar-refractivity contribution in [1.29, 1.82) is 0 Å². The number of aromatic amines is 2. The summed E-state index contributed by atoms with van der Waals surface area (Å²) in [7, 11) is 0. The summed E-state index contributed by atoms with van der Waals surface area (Å²) < 4.78 is 0. The second kappa shape index (κ2) is 23.4. The fourth-order valence-corrected chi connectivity index (χ4v) is 7.65. The number of carbonyl (C=O) groups is 8. The van der Waals surface area contributed by atoms with Gasteiger partial charge < -0.3 is 64.4 Å². The molecule has 1 aliphatic carbocycles. The summed E-state index contributed by atoms with van der Waals surface area (Å²) in [6.45, 7) is -0.0924. The third kappa shape index (κ3) is 14.6. The van der Waals surface area contributed by atoms with Crippen molar-refractivity contribution in [1.82, 2.24) is 52.2 Å². The lowest BCUT2D eigenvalue weighted by Gasteiger charge is -2.27. The van der Waals surface area contributed by atoms with Crippen LogP contribution in [0, 0.1) is 5.92 Å². The van der Waals surface area contributed by atoms with E-state index in [4.69, 9.17) is 17.2 Å². The molecule has 6 atom stereocenters. The Hall–Kier alpha value is -7.78. The topological polar surface area (TPSA) is 356 Å². The molecule has 2 fully saturated rings. The summed E-state index contributed by atoms with van der Waals surface area (Å²) >= 11 is 0. The second-order valence-electron chi connectivity index (χ2n) is 16.7. The Bertz CT molecular complexity index is 2410. The summed E-state index contributed by atoms with van der Waals surface area (Å²) in [4.78, 5) is 124. The van der Waals surface area contributed by atoms with Crippen LogP contribution in [-0.4, -0.2) is 118 Å². The van der Waals surface area contributed by atoms with Gasteiger partial charge in [-0.1, -0.05) is 48.5 Å². The number of rotatable bonds is 15. The maximum atomic E-state index is 14.4. The van der Waals surface area contributed by atoms with Crippen molar-refractivity contribution in [2.45, 2.75) is 100 Å². The quantitative estimate of drug-likeness (QED) is 0.0354. The predicted octanol–water partition coefficient (Wildman–Crippen LogP) is -1.92. The summed E-state index contributed by atoms with van der Waals surface area (Å²) in [5, 5.41) is 19.8. The highest BCUT2D eigenvalue weighted by atomic mass is 16.2. The SMILES string of the molecule is NC(=O)[C@H](Cc1c[nH]c2ccccc12)NC(=O)C1CCNC(=O)CCC(NC(=O)C2CC2)C(=O)N[C@@H](Cc2cnc[nH]2)C(=O)N[C@H](Cc2ccccc2)C(=O)N[C@@H](CCCN=C(N)N)C(=O)N1. The van der Waals surface area contributed by atoms with Gasteiger partial charge in [-0.05, 0) is 55.7 Å². The van der Waals surface area contributed by atoms with E-state index in [0.29, 0.717) is 29.7 Å². The number of nitrogens with one attached hydrogen (secondary N) is 9. The first-order valence-electron chi connectivity index (χ1n) is 22.2. The highest BCUT2D eigenvalue weighted by Crippen LogP contribution is 2.29. The third-order valence-corrected chi connectivity index (χ3v) is 11.5. The molecule has 15 N–H and O–H groups in total. The Morgan fingerprint density at radius 1 is 0.761 bits per heavy atom. The summed E-state index contributed by atoms with van der Waals surface area (Å²) in [5.41, 5.74) is 19.5. The maximum Gasteiger partial charge on any atom is 0.243 e. The van der Waals surface area contributed by atoms with Crippen LogP contribution in [0.1, 0.15) is 61.8 Å². The first-order valence-corrected chi connectivity index (χ1v) is 22.2. The molecule has 0 bridgehead atoms. The molecule has 6 rings (SSSR count). The number of benzene rings is 2. The molecule has 2 aliphatic rings. The van der Waals surface area contributed by atoms with Gasteiger partial charge in [0, 0.05) is 73.7 Å². The Kier molecular flexibility index (Phi) is 17.0. The van der Waals surface area contributed by atoms with E-state index in [1.807, 2.05) is 24.3 Å². The number of nitrogens with two attached hydrogens (primary N) is 3. The average Bonchev–Trinajstić information content (AvgIpc) is 3.89. The van der Waals surface area contributed by atoms with Gasteiger partial charge in [0.2, 0.25) is 47.3 Å². The molecular weight excluding hydrogens is 865 g/mol. The smallest absolute Gasteiger partial charge is 0.243 e. The number of aromatic nitrogens is 3. The number of hydrogen-bond acceptors (Lipinski definition) is 10. The minimum Gasteiger partial charge on any atom is -0.370 e. The molecule has 2 aromatic heterocycles. The lowest BCUT2D eigenvalue weighted by Crippen LogP contribution is -2.60. The van der Waals surface area contributed by atoms with Gasteiger partial charge in [-0.2, -0.15) is 0 Å². The number of imidazole rings is 1. The number of guanidine groups is 1. The highest BCUT2D eigenvalue weighted by Gasteiger charge is 2.36. The molecule has 1 aliphatic heterocycles. The zero-order chi connectivity index (χ0) is 47.9. The largest absolute Gasteiger partial charge is 0.370 e. The Labute approximate surface area is 385 Å². The van der Waals surface area contributed by atoms with Crippen LogP contribution in [0.4, 0.5) is 0 Å². The molecule has 22 heteroatoms. The Morgan fingerprint density at radius 3 is 2.15 bits per heavy atom. The predicted molar refractivity (Wildman–Crippen MR) is 245 cm³/mol. The molecule has 1 saturated heterocycles. The summed E-state index contributed by atoms with van der Waals surface area (Å²) in [6, 6.07) is 8.35. The summed E-state index contributed by atoms with van der Waals surface area (Å²) in [6.07, 6.45) is 5.25. The molecule has 22 nitrogen and oxygen atoms in total. The van der Waals surface area contributed by atoms with Crippen molar-refractivity contribution in [2.24, 2.45) is 28.1 Å². The molecule has 2 unspecified atom stereocenters. The number of primary amides is 1. The van der Waals surface area contributed by atoms with Gasteiger partial charge >= 0.3 is 0 Å². The molecule has 1 saturated carbocycles. The van der Waals surface area contributed by atoms with E-state index < -0.39 is 77.6 Å². The maximum absolute atomic E-state index is 14.4. The van der Waals surface area contributed by atoms with Gasteiger partial charge in [-0.3, -0.25) is 43.3 Å². The zero-order valence-corrected chi connectivity index (χ0v) is 36.8. The van der Waals surface area contributed by atoms with E-state index in [0.717, 1.165) is 10.9 Å². The average molecular weight is 923 g/mol. The monoisotopic (exact) mass is 922 g/mol. The van der Waals surface area contributed by atoms with E-state index in [1.54, 1.807) is 36.5 Å². The van der Waals surface area contributed by atoms with Crippen LogP contribution in [0.15, 0.2) is 78.3 Å². The van der Waals surface area contributed by atoms with Crippen LogP contribution in [0.5, 0.6) is 0 Å². The number of fused-ring (bicyclic) bond motifs is 1. The van der Waals surface area contributed by atoms with Crippen LogP contribution in [0.25, 0.3) is 10.9 Å². The molecular formula is C45H58N14O8. The highest BCUT2D eigenvalue weighted by molar-refractivity contribution is 5.98. The number of amides is 8. The molecule has 67 heavy (non-hydrogen) atoms. The van der Waals surface area contributed by atoms with Crippen LogP contribution in [-0.2, 0) is 57.6 Å². The normalized spacial score (nSPS) is 21.7. The van der Waals surface area contributed by atoms with Gasteiger partial charge in [0.05, 0.1) is 6.33 Å². The number of hydrogen-bond donors (Lipinski definition) is 12.